The van der Waals surface area contributed by atoms with Crippen LogP contribution in [0.4, 0.5) is 0 Å². The molecule has 1 atom stereocenters. The second-order valence-electron chi connectivity index (χ2n) is 5.63. The van der Waals surface area contributed by atoms with Gasteiger partial charge in [-0.2, -0.15) is 0 Å². The predicted octanol–water partition coefficient (Wildman–Crippen LogP) is 5.49. The maximum absolute atomic E-state index is 6.77. The molecule has 1 heterocycles. The largest absolute Gasteiger partial charge is 0.143 e. The summed E-state index contributed by atoms with van der Waals surface area (Å²) in [5.41, 5.74) is 6.77. The van der Waals surface area contributed by atoms with Crippen molar-refractivity contribution in [1.29, 1.82) is 0 Å². The van der Waals surface area contributed by atoms with Gasteiger partial charge in [0.25, 0.3) is 0 Å². The van der Waals surface area contributed by atoms with Gasteiger partial charge in [0.1, 0.15) is 0 Å². The normalized spacial score (nSPS) is 15.6. The second kappa shape index (κ2) is 4.96. The summed E-state index contributed by atoms with van der Waals surface area (Å²) < 4.78 is 0. The molecule has 0 N–H and O–H groups in total. The Balaban J connectivity index is 2.01. The summed E-state index contributed by atoms with van der Waals surface area (Å²) in [6.07, 6.45) is 3.80. The highest BCUT2D eigenvalue weighted by molar-refractivity contribution is 7.12. The van der Waals surface area contributed by atoms with Crippen LogP contribution >= 0.6 is 22.9 Å². The van der Waals surface area contributed by atoms with Crippen LogP contribution in [-0.2, 0) is 12.8 Å². The van der Waals surface area contributed by atoms with Crippen molar-refractivity contribution in [2.75, 3.05) is 0 Å². The molecular weight excluding hydrogens is 272 g/mol. The minimum atomic E-state index is 0.0104. The lowest BCUT2D eigenvalue weighted by atomic mass is 9.96. The molecule has 100 valence electrons. The molecule has 0 aliphatic heterocycles. The van der Waals surface area contributed by atoms with Gasteiger partial charge >= 0.3 is 0 Å². The van der Waals surface area contributed by atoms with Crippen molar-refractivity contribution in [2.45, 2.75) is 45.4 Å². The quantitative estimate of drug-likeness (QED) is 0.642. The molecule has 0 saturated heterocycles. The molecule has 1 aromatic heterocycles. The van der Waals surface area contributed by atoms with Crippen LogP contribution in [0.5, 0.6) is 0 Å². The van der Waals surface area contributed by atoms with Crippen LogP contribution in [0, 0.1) is 20.8 Å². The lowest BCUT2D eigenvalue weighted by Crippen LogP contribution is -1.99. The topological polar surface area (TPSA) is 0 Å². The van der Waals surface area contributed by atoms with E-state index in [1.807, 2.05) is 11.3 Å². The number of halogens is 1. The molecule has 19 heavy (non-hydrogen) atoms. The third-order valence-electron chi connectivity index (χ3n) is 4.01. The molecule has 0 fully saturated rings. The van der Waals surface area contributed by atoms with E-state index in [-0.39, 0.29) is 5.38 Å². The van der Waals surface area contributed by atoms with Crippen molar-refractivity contribution in [3.8, 4) is 0 Å². The molecule has 1 aliphatic rings. The number of benzene rings is 1. The number of alkyl halides is 1. The maximum Gasteiger partial charge on any atom is 0.0933 e. The van der Waals surface area contributed by atoms with Crippen LogP contribution in [0.1, 0.15) is 49.4 Å². The first-order chi connectivity index (χ1) is 9.06. The Morgan fingerprint density at radius 1 is 1.05 bits per heavy atom. The molecular formula is C17H19ClS. The van der Waals surface area contributed by atoms with Gasteiger partial charge in [-0.25, -0.2) is 0 Å². The van der Waals surface area contributed by atoms with Crippen molar-refractivity contribution >= 4 is 22.9 Å². The van der Waals surface area contributed by atoms with E-state index in [4.69, 9.17) is 11.6 Å². The van der Waals surface area contributed by atoms with Crippen LogP contribution in [-0.4, -0.2) is 0 Å². The summed E-state index contributed by atoms with van der Waals surface area (Å²) >= 11 is 8.69. The van der Waals surface area contributed by atoms with Crippen LogP contribution in [0.15, 0.2) is 18.2 Å². The average Bonchev–Trinajstić information content (AvgIpc) is 2.86. The van der Waals surface area contributed by atoms with Crippen molar-refractivity contribution in [3.63, 3.8) is 0 Å². The van der Waals surface area contributed by atoms with E-state index < -0.39 is 0 Å². The number of rotatable bonds is 2. The van der Waals surface area contributed by atoms with E-state index in [0.29, 0.717) is 0 Å². The molecule has 0 saturated carbocycles. The molecule has 0 spiro atoms. The minimum absolute atomic E-state index is 0.0104. The molecule has 1 aromatic carbocycles. The lowest BCUT2D eigenvalue weighted by Gasteiger charge is -2.15. The zero-order chi connectivity index (χ0) is 13.6. The fraction of sp³-hybridized carbons (Fsp3) is 0.412. The van der Waals surface area contributed by atoms with E-state index >= 15 is 0 Å². The Bertz CT molecular complexity index is 580. The average molecular weight is 291 g/mol. The van der Waals surface area contributed by atoms with Gasteiger partial charge in [-0.3, -0.25) is 0 Å². The van der Waals surface area contributed by atoms with Crippen LogP contribution < -0.4 is 0 Å². The van der Waals surface area contributed by atoms with Crippen LogP contribution in [0.25, 0.3) is 0 Å². The third-order valence-corrected chi connectivity index (χ3v) is 5.89. The number of aryl methyl sites for hydroxylation is 5. The fourth-order valence-corrected chi connectivity index (χ4v) is 5.00. The van der Waals surface area contributed by atoms with Crippen molar-refractivity contribution in [3.05, 3.63) is 55.8 Å². The van der Waals surface area contributed by atoms with Crippen LogP contribution in [0.2, 0.25) is 0 Å². The van der Waals surface area contributed by atoms with Gasteiger partial charge in [0.15, 0.2) is 0 Å². The van der Waals surface area contributed by atoms with E-state index in [1.165, 1.54) is 52.0 Å². The first-order valence-corrected chi connectivity index (χ1v) is 8.15. The summed E-state index contributed by atoms with van der Waals surface area (Å²) in [5, 5.41) is 0.0104. The van der Waals surface area contributed by atoms with Gasteiger partial charge in [0, 0.05) is 9.75 Å². The summed E-state index contributed by atoms with van der Waals surface area (Å²) in [6, 6.07) is 6.81. The molecule has 2 aromatic rings. The SMILES string of the molecule is Cc1cc(C)c(C(Cl)c2cc3c(s2)CCC3)c(C)c1. The smallest absolute Gasteiger partial charge is 0.0933 e. The van der Waals surface area contributed by atoms with E-state index in [9.17, 15) is 0 Å². The van der Waals surface area contributed by atoms with Gasteiger partial charge in [-0.05, 0) is 68.4 Å². The molecule has 0 amide bonds. The minimum Gasteiger partial charge on any atom is -0.143 e. The first-order valence-electron chi connectivity index (χ1n) is 6.89. The van der Waals surface area contributed by atoms with Crippen molar-refractivity contribution in [1.82, 2.24) is 0 Å². The number of thiophene rings is 1. The molecule has 2 heteroatoms. The van der Waals surface area contributed by atoms with Crippen molar-refractivity contribution < 1.29 is 0 Å². The summed E-state index contributed by atoms with van der Waals surface area (Å²) in [6.45, 7) is 6.49. The van der Waals surface area contributed by atoms with E-state index in [0.717, 1.165) is 0 Å². The van der Waals surface area contributed by atoms with Gasteiger partial charge in [0.2, 0.25) is 0 Å². The van der Waals surface area contributed by atoms with E-state index in [2.05, 4.69) is 39.0 Å². The van der Waals surface area contributed by atoms with Gasteiger partial charge < -0.3 is 0 Å². The lowest BCUT2D eigenvalue weighted by molar-refractivity contribution is 0.913. The van der Waals surface area contributed by atoms with Crippen molar-refractivity contribution in [2.24, 2.45) is 0 Å². The third kappa shape index (κ3) is 2.34. The highest BCUT2D eigenvalue weighted by atomic mass is 35.5. The first kappa shape index (κ1) is 13.2. The van der Waals surface area contributed by atoms with Crippen LogP contribution in [0.3, 0.4) is 0 Å². The summed E-state index contributed by atoms with van der Waals surface area (Å²) in [4.78, 5) is 2.88. The van der Waals surface area contributed by atoms with Gasteiger partial charge in [0.05, 0.1) is 5.38 Å². The number of fused-ring (bicyclic) bond motifs is 1. The molecule has 0 radical (unpaired) electrons. The fourth-order valence-electron chi connectivity index (χ4n) is 3.21. The monoisotopic (exact) mass is 290 g/mol. The van der Waals surface area contributed by atoms with Gasteiger partial charge in [-0.1, -0.05) is 17.7 Å². The standard InChI is InChI=1S/C17H19ClS/c1-10-7-11(2)16(12(3)8-10)17(18)15-9-13-5-4-6-14(13)19-15/h7-9,17H,4-6H2,1-3H3. The zero-order valence-corrected chi connectivity index (χ0v) is 13.3. The Morgan fingerprint density at radius 3 is 2.37 bits per heavy atom. The zero-order valence-electron chi connectivity index (χ0n) is 11.7. The predicted molar refractivity (Wildman–Crippen MR) is 84.7 cm³/mol. The van der Waals surface area contributed by atoms with E-state index in [1.54, 1.807) is 4.88 Å². The molecule has 0 bridgehead atoms. The molecule has 3 rings (SSSR count). The molecule has 1 unspecified atom stereocenters. The Morgan fingerprint density at radius 2 is 1.74 bits per heavy atom. The maximum atomic E-state index is 6.77. The number of hydrogen-bond donors (Lipinski definition) is 0. The number of hydrogen-bond acceptors (Lipinski definition) is 1. The Labute approximate surface area is 124 Å². The Kier molecular flexibility index (Phi) is 3.44. The van der Waals surface area contributed by atoms with Gasteiger partial charge in [-0.15, -0.1) is 22.9 Å². The second-order valence-corrected chi connectivity index (χ2v) is 7.23. The summed E-state index contributed by atoms with van der Waals surface area (Å²) in [5.74, 6) is 0. The molecule has 1 aliphatic carbocycles. The molecule has 0 nitrogen and oxygen atoms in total. The summed E-state index contributed by atoms with van der Waals surface area (Å²) in [7, 11) is 0. The highest BCUT2D eigenvalue weighted by Crippen LogP contribution is 2.41. The Hall–Kier alpha value is -0.790. The highest BCUT2D eigenvalue weighted by Gasteiger charge is 2.22.